The maximum Gasteiger partial charge on any atom is 0.216 e. The van der Waals surface area contributed by atoms with E-state index in [1.807, 2.05) is 12.1 Å². The van der Waals surface area contributed by atoms with Crippen LogP contribution in [0.4, 0.5) is 0 Å². The van der Waals surface area contributed by atoms with Crippen LogP contribution in [0.1, 0.15) is 19.1 Å². The predicted octanol–water partition coefficient (Wildman–Crippen LogP) is 1.66. The highest BCUT2D eigenvalue weighted by Gasteiger charge is 1.98. The van der Waals surface area contributed by atoms with Gasteiger partial charge in [0.25, 0.3) is 0 Å². The Labute approximate surface area is 97.5 Å². The number of carbonyl (C=O) groups excluding carboxylic acids is 1. The van der Waals surface area contributed by atoms with Crippen LogP contribution >= 0.6 is 15.9 Å². The van der Waals surface area contributed by atoms with Crippen molar-refractivity contribution in [1.82, 2.24) is 10.6 Å². The van der Waals surface area contributed by atoms with Crippen LogP contribution in [0.15, 0.2) is 21.2 Å². The number of hydrogen-bond donors (Lipinski definition) is 2. The molecule has 0 fully saturated rings. The fourth-order valence-corrected chi connectivity index (χ4v) is 1.48. The quantitative estimate of drug-likeness (QED) is 0.776. The molecule has 1 heterocycles. The second-order valence-electron chi connectivity index (χ2n) is 3.22. The lowest BCUT2D eigenvalue weighted by molar-refractivity contribution is -0.118. The average Bonchev–Trinajstić information content (AvgIpc) is 2.57. The molecule has 0 aliphatic heterocycles. The number of carbonyl (C=O) groups is 1. The first-order valence-electron chi connectivity index (χ1n) is 4.88. The van der Waals surface area contributed by atoms with Gasteiger partial charge in [-0.1, -0.05) is 0 Å². The molecule has 0 aliphatic rings. The van der Waals surface area contributed by atoms with Gasteiger partial charge in [0.15, 0.2) is 4.67 Å². The van der Waals surface area contributed by atoms with E-state index in [9.17, 15) is 4.79 Å². The number of nitrogens with one attached hydrogen (secondary N) is 2. The molecule has 0 bridgehead atoms. The Morgan fingerprint density at radius 3 is 2.87 bits per heavy atom. The van der Waals surface area contributed by atoms with E-state index in [-0.39, 0.29) is 5.91 Å². The van der Waals surface area contributed by atoms with E-state index in [4.69, 9.17) is 4.42 Å². The van der Waals surface area contributed by atoms with Crippen molar-refractivity contribution in [3.8, 4) is 0 Å². The van der Waals surface area contributed by atoms with Crippen molar-refractivity contribution < 1.29 is 9.21 Å². The van der Waals surface area contributed by atoms with Crippen molar-refractivity contribution >= 4 is 21.8 Å². The largest absolute Gasteiger partial charge is 0.453 e. The van der Waals surface area contributed by atoms with Crippen LogP contribution in [-0.4, -0.2) is 19.0 Å². The summed E-state index contributed by atoms with van der Waals surface area (Å²) in [5.41, 5.74) is 0. The van der Waals surface area contributed by atoms with Crippen LogP contribution < -0.4 is 10.6 Å². The first-order valence-corrected chi connectivity index (χ1v) is 5.67. The highest BCUT2D eigenvalue weighted by atomic mass is 79.9. The number of rotatable bonds is 6. The summed E-state index contributed by atoms with van der Waals surface area (Å²) in [5, 5.41) is 5.96. The molecule has 0 saturated carbocycles. The summed E-state index contributed by atoms with van der Waals surface area (Å²) < 4.78 is 6.06. The third-order valence-electron chi connectivity index (χ3n) is 1.83. The molecular formula is C10H15BrN2O2. The lowest BCUT2D eigenvalue weighted by atomic mass is 10.4. The van der Waals surface area contributed by atoms with E-state index in [1.165, 1.54) is 6.92 Å². The van der Waals surface area contributed by atoms with E-state index >= 15 is 0 Å². The summed E-state index contributed by atoms with van der Waals surface area (Å²) in [6, 6.07) is 3.79. The molecular weight excluding hydrogens is 260 g/mol. The second kappa shape index (κ2) is 6.63. The second-order valence-corrected chi connectivity index (χ2v) is 4.00. The molecule has 4 nitrogen and oxygen atoms in total. The molecule has 0 aliphatic carbocycles. The molecule has 0 spiro atoms. The van der Waals surface area contributed by atoms with Gasteiger partial charge in [0.2, 0.25) is 5.91 Å². The monoisotopic (exact) mass is 274 g/mol. The van der Waals surface area contributed by atoms with Gasteiger partial charge in [-0.2, -0.15) is 0 Å². The fraction of sp³-hybridized carbons (Fsp3) is 0.500. The highest BCUT2D eigenvalue weighted by molar-refractivity contribution is 9.10. The fourth-order valence-electron chi connectivity index (χ4n) is 1.14. The molecule has 1 rings (SSSR count). The molecule has 5 heteroatoms. The Kier molecular flexibility index (Phi) is 5.42. The topological polar surface area (TPSA) is 54.3 Å². The summed E-state index contributed by atoms with van der Waals surface area (Å²) in [7, 11) is 0. The van der Waals surface area contributed by atoms with Gasteiger partial charge in [-0.15, -0.1) is 0 Å². The highest BCUT2D eigenvalue weighted by Crippen LogP contribution is 2.13. The van der Waals surface area contributed by atoms with Crippen LogP contribution in [0, 0.1) is 0 Å². The Bertz CT molecular complexity index is 312. The molecule has 0 saturated heterocycles. The third kappa shape index (κ3) is 5.59. The number of furan rings is 1. The molecule has 1 aromatic heterocycles. The zero-order valence-electron chi connectivity index (χ0n) is 8.68. The number of amides is 1. The van der Waals surface area contributed by atoms with E-state index in [0.717, 1.165) is 23.4 Å². The van der Waals surface area contributed by atoms with Gasteiger partial charge in [0, 0.05) is 13.5 Å². The Morgan fingerprint density at radius 1 is 1.47 bits per heavy atom. The zero-order valence-corrected chi connectivity index (χ0v) is 10.3. The summed E-state index contributed by atoms with van der Waals surface area (Å²) >= 11 is 3.24. The van der Waals surface area contributed by atoms with Crippen molar-refractivity contribution in [2.75, 3.05) is 13.1 Å². The summed E-state index contributed by atoms with van der Waals surface area (Å²) in [4.78, 5) is 10.5. The van der Waals surface area contributed by atoms with Crippen LogP contribution in [0.3, 0.4) is 0 Å². The van der Waals surface area contributed by atoms with Gasteiger partial charge < -0.3 is 15.1 Å². The van der Waals surface area contributed by atoms with Crippen LogP contribution in [0.25, 0.3) is 0 Å². The van der Waals surface area contributed by atoms with E-state index < -0.39 is 0 Å². The van der Waals surface area contributed by atoms with Crippen molar-refractivity contribution in [2.24, 2.45) is 0 Å². The molecule has 2 N–H and O–H groups in total. The zero-order chi connectivity index (χ0) is 11.1. The number of halogens is 1. The number of hydrogen-bond acceptors (Lipinski definition) is 3. The van der Waals surface area contributed by atoms with Crippen LogP contribution in [-0.2, 0) is 11.3 Å². The van der Waals surface area contributed by atoms with E-state index in [0.29, 0.717) is 13.1 Å². The Balaban J connectivity index is 2.00. The molecule has 0 aromatic carbocycles. The summed E-state index contributed by atoms with van der Waals surface area (Å²) in [6.45, 7) is 3.81. The molecule has 15 heavy (non-hydrogen) atoms. The minimum absolute atomic E-state index is 0.0185. The first kappa shape index (κ1) is 12.3. The minimum atomic E-state index is 0.0185. The van der Waals surface area contributed by atoms with Gasteiger partial charge in [-0.05, 0) is 41.0 Å². The maximum absolute atomic E-state index is 10.5. The molecule has 1 amide bonds. The van der Waals surface area contributed by atoms with E-state index in [1.54, 1.807) is 0 Å². The minimum Gasteiger partial charge on any atom is -0.453 e. The van der Waals surface area contributed by atoms with Crippen molar-refractivity contribution in [3.05, 3.63) is 22.6 Å². The first-order chi connectivity index (χ1) is 7.18. The normalized spacial score (nSPS) is 10.3. The van der Waals surface area contributed by atoms with Gasteiger partial charge in [0.1, 0.15) is 5.76 Å². The molecule has 0 atom stereocenters. The summed E-state index contributed by atoms with van der Waals surface area (Å²) in [6.07, 6.45) is 0.918. The van der Waals surface area contributed by atoms with Gasteiger partial charge in [0.05, 0.1) is 6.54 Å². The van der Waals surface area contributed by atoms with Crippen molar-refractivity contribution in [2.45, 2.75) is 19.9 Å². The Morgan fingerprint density at radius 2 is 2.27 bits per heavy atom. The van der Waals surface area contributed by atoms with Gasteiger partial charge in [-0.25, -0.2) is 0 Å². The molecule has 0 radical (unpaired) electrons. The average molecular weight is 275 g/mol. The SMILES string of the molecule is CC(=O)NCCCNCc1ccc(Br)o1. The lowest BCUT2D eigenvalue weighted by Crippen LogP contribution is -2.24. The summed E-state index contributed by atoms with van der Waals surface area (Å²) in [5.74, 6) is 0.923. The standard InChI is InChI=1S/C10H15BrN2O2/c1-8(14)13-6-2-5-12-7-9-3-4-10(11)15-9/h3-4,12H,2,5-7H2,1H3,(H,13,14). The van der Waals surface area contributed by atoms with Gasteiger partial charge >= 0.3 is 0 Å². The maximum atomic E-state index is 10.5. The van der Waals surface area contributed by atoms with Crippen LogP contribution in [0.5, 0.6) is 0 Å². The third-order valence-corrected chi connectivity index (χ3v) is 2.26. The molecule has 0 unspecified atom stereocenters. The van der Waals surface area contributed by atoms with Crippen molar-refractivity contribution in [3.63, 3.8) is 0 Å². The van der Waals surface area contributed by atoms with Crippen molar-refractivity contribution in [1.29, 1.82) is 0 Å². The van der Waals surface area contributed by atoms with Crippen LogP contribution in [0.2, 0.25) is 0 Å². The Hall–Kier alpha value is -0.810. The smallest absolute Gasteiger partial charge is 0.216 e. The molecule has 84 valence electrons. The predicted molar refractivity (Wildman–Crippen MR) is 61.4 cm³/mol. The van der Waals surface area contributed by atoms with E-state index in [2.05, 4.69) is 26.6 Å². The lowest BCUT2D eigenvalue weighted by Gasteiger charge is -2.03. The molecule has 1 aromatic rings. The van der Waals surface area contributed by atoms with Gasteiger partial charge in [-0.3, -0.25) is 4.79 Å².